The van der Waals surface area contributed by atoms with E-state index in [4.69, 9.17) is 5.84 Å². The fourth-order valence-corrected chi connectivity index (χ4v) is 3.45. The predicted octanol–water partition coefficient (Wildman–Crippen LogP) is 2.61. The lowest BCUT2D eigenvalue weighted by Gasteiger charge is -2.42. The molecule has 0 amide bonds. The van der Waals surface area contributed by atoms with Crippen LogP contribution in [0.15, 0.2) is 36.5 Å². The van der Waals surface area contributed by atoms with Crippen LogP contribution in [0.3, 0.4) is 0 Å². The molecule has 2 aromatic rings. The molecule has 0 saturated carbocycles. The Kier molecular flexibility index (Phi) is 3.93. The summed E-state index contributed by atoms with van der Waals surface area (Å²) in [4.78, 5) is 6.98. The average molecular weight is 284 g/mol. The molecular weight excluding hydrogens is 260 g/mol. The second-order valence-electron chi connectivity index (χ2n) is 6.40. The second-order valence-corrected chi connectivity index (χ2v) is 6.40. The summed E-state index contributed by atoms with van der Waals surface area (Å²) in [7, 11) is 0. The van der Waals surface area contributed by atoms with Crippen LogP contribution >= 0.6 is 0 Å². The number of nitrogens with two attached hydrogens (primary N) is 1. The minimum Gasteiger partial charge on any atom is -0.296 e. The first-order valence-electron chi connectivity index (χ1n) is 7.69. The van der Waals surface area contributed by atoms with Crippen LogP contribution < -0.4 is 11.3 Å². The van der Waals surface area contributed by atoms with Crippen molar-refractivity contribution in [2.75, 3.05) is 13.1 Å². The van der Waals surface area contributed by atoms with E-state index >= 15 is 0 Å². The van der Waals surface area contributed by atoms with Gasteiger partial charge in [-0.1, -0.05) is 18.2 Å². The molecule has 2 heterocycles. The van der Waals surface area contributed by atoms with Gasteiger partial charge in [0.05, 0.1) is 11.6 Å². The van der Waals surface area contributed by atoms with Crippen LogP contribution in [0.2, 0.25) is 0 Å². The maximum Gasteiger partial charge on any atom is 0.0705 e. The van der Waals surface area contributed by atoms with Crippen LogP contribution in [-0.2, 0) is 0 Å². The van der Waals surface area contributed by atoms with Gasteiger partial charge in [-0.25, -0.2) is 0 Å². The minimum atomic E-state index is -0.0201. The first-order chi connectivity index (χ1) is 10.1. The summed E-state index contributed by atoms with van der Waals surface area (Å²) >= 11 is 0. The lowest BCUT2D eigenvalue weighted by Crippen LogP contribution is -2.53. The lowest BCUT2D eigenvalue weighted by molar-refractivity contribution is 0.107. The van der Waals surface area contributed by atoms with Gasteiger partial charge in [0.2, 0.25) is 0 Å². The van der Waals surface area contributed by atoms with Gasteiger partial charge in [0.25, 0.3) is 0 Å². The minimum absolute atomic E-state index is 0.0201. The summed E-state index contributed by atoms with van der Waals surface area (Å²) in [6, 6.07) is 10.6. The van der Waals surface area contributed by atoms with Crippen LogP contribution in [-0.4, -0.2) is 28.5 Å². The summed E-state index contributed by atoms with van der Waals surface area (Å²) in [5.74, 6) is 5.91. The Hall–Kier alpha value is -1.49. The van der Waals surface area contributed by atoms with Gasteiger partial charge in [-0.15, -0.1) is 0 Å². The molecule has 112 valence electrons. The largest absolute Gasteiger partial charge is 0.296 e. The van der Waals surface area contributed by atoms with Crippen molar-refractivity contribution in [3.05, 3.63) is 42.1 Å². The molecule has 4 nitrogen and oxygen atoms in total. The fraction of sp³-hybridized carbons (Fsp3) is 0.471. The lowest BCUT2D eigenvalue weighted by atomic mass is 9.87. The van der Waals surface area contributed by atoms with Crippen molar-refractivity contribution in [1.29, 1.82) is 0 Å². The molecule has 1 saturated heterocycles. The van der Waals surface area contributed by atoms with Crippen molar-refractivity contribution >= 4 is 10.9 Å². The molecule has 3 N–H and O–H groups in total. The van der Waals surface area contributed by atoms with Crippen molar-refractivity contribution in [1.82, 2.24) is 15.3 Å². The van der Waals surface area contributed by atoms with Crippen LogP contribution in [0.25, 0.3) is 10.9 Å². The number of hydrogen-bond donors (Lipinski definition) is 2. The summed E-state index contributed by atoms with van der Waals surface area (Å²) < 4.78 is 0. The number of nitrogens with zero attached hydrogens (tertiary/aromatic N) is 2. The highest BCUT2D eigenvalue weighted by atomic mass is 15.3. The molecule has 1 aliphatic heterocycles. The molecule has 1 fully saturated rings. The SMILES string of the molecule is CC(C)(C(NN)c1ccc2cccnc2c1)N1CCCC1. The van der Waals surface area contributed by atoms with E-state index in [-0.39, 0.29) is 11.6 Å². The molecule has 1 unspecified atom stereocenters. The van der Waals surface area contributed by atoms with E-state index in [1.54, 1.807) is 0 Å². The van der Waals surface area contributed by atoms with E-state index in [2.05, 4.69) is 53.4 Å². The number of nitrogens with one attached hydrogen (secondary N) is 1. The third-order valence-electron chi connectivity index (χ3n) is 4.76. The smallest absolute Gasteiger partial charge is 0.0705 e. The van der Waals surface area contributed by atoms with Crippen molar-refractivity contribution < 1.29 is 0 Å². The highest BCUT2D eigenvalue weighted by Crippen LogP contribution is 2.33. The van der Waals surface area contributed by atoms with Gasteiger partial charge in [0.15, 0.2) is 0 Å². The Bertz CT molecular complexity index is 617. The van der Waals surface area contributed by atoms with Gasteiger partial charge in [-0.3, -0.25) is 21.2 Å². The normalized spacial score (nSPS) is 18.2. The zero-order chi connectivity index (χ0) is 14.9. The molecule has 0 radical (unpaired) electrons. The van der Waals surface area contributed by atoms with Gasteiger partial charge in [-0.05, 0) is 57.5 Å². The molecule has 0 spiro atoms. The Morgan fingerprint density at radius 2 is 2.00 bits per heavy atom. The van der Waals surface area contributed by atoms with E-state index in [0.717, 1.165) is 24.0 Å². The van der Waals surface area contributed by atoms with Gasteiger partial charge in [0, 0.05) is 17.1 Å². The van der Waals surface area contributed by atoms with Crippen LogP contribution in [0.4, 0.5) is 0 Å². The van der Waals surface area contributed by atoms with Crippen molar-refractivity contribution in [2.24, 2.45) is 5.84 Å². The zero-order valence-electron chi connectivity index (χ0n) is 12.8. The van der Waals surface area contributed by atoms with E-state index in [1.165, 1.54) is 18.4 Å². The topological polar surface area (TPSA) is 54.2 Å². The standard InChI is InChI=1S/C17H24N4/c1-17(2,21-10-3-4-11-21)16(20-18)14-8-7-13-6-5-9-19-15(13)12-14/h5-9,12,16,20H,3-4,10-11,18H2,1-2H3. The van der Waals surface area contributed by atoms with Crippen LogP contribution in [0, 0.1) is 0 Å². The number of hydrogen-bond acceptors (Lipinski definition) is 4. The number of fused-ring (bicyclic) bond motifs is 1. The monoisotopic (exact) mass is 284 g/mol. The van der Waals surface area contributed by atoms with E-state index in [0.29, 0.717) is 0 Å². The molecule has 1 aromatic carbocycles. The predicted molar refractivity (Wildman–Crippen MR) is 86.7 cm³/mol. The Morgan fingerprint density at radius 3 is 2.71 bits per heavy atom. The average Bonchev–Trinajstić information content (AvgIpc) is 3.02. The number of benzene rings is 1. The molecule has 4 heteroatoms. The molecular formula is C17H24N4. The maximum absolute atomic E-state index is 5.91. The number of pyridine rings is 1. The van der Waals surface area contributed by atoms with E-state index < -0.39 is 0 Å². The molecule has 1 aromatic heterocycles. The number of hydrazine groups is 1. The number of aromatic nitrogens is 1. The van der Waals surface area contributed by atoms with E-state index in [9.17, 15) is 0 Å². The van der Waals surface area contributed by atoms with Gasteiger partial charge < -0.3 is 0 Å². The molecule has 1 atom stereocenters. The number of rotatable bonds is 4. The molecule has 1 aliphatic rings. The quantitative estimate of drug-likeness (QED) is 0.669. The zero-order valence-corrected chi connectivity index (χ0v) is 12.8. The molecule has 0 aliphatic carbocycles. The highest BCUT2D eigenvalue weighted by molar-refractivity contribution is 5.79. The van der Waals surface area contributed by atoms with Gasteiger partial charge in [-0.2, -0.15) is 0 Å². The second kappa shape index (κ2) is 5.72. The molecule has 21 heavy (non-hydrogen) atoms. The van der Waals surface area contributed by atoms with Crippen molar-refractivity contribution in [3.63, 3.8) is 0 Å². The third-order valence-corrected chi connectivity index (χ3v) is 4.76. The summed E-state index contributed by atoms with van der Waals surface area (Å²) in [5.41, 5.74) is 5.23. The first kappa shape index (κ1) is 14.4. The van der Waals surface area contributed by atoms with Crippen LogP contribution in [0.5, 0.6) is 0 Å². The summed E-state index contributed by atoms with van der Waals surface area (Å²) in [6.45, 7) is 6.84. The number of likely N-dealkylation sites (tertiary alicyclic amines) is 1. The van der Waals surface area contributed by atoms with Crippen molar-refractivity contribution in [3.8, 4) is 0 Å². The van der Waals surface area contributed by atoms with Gasteiger partial charge in [0.1, 0.15) is 0 Å². The molecule has 0 bridgehead atoms. The fourth-order valence-electron chi connectivity index (χ4n) is 3.45. The highest BCUT2D eigenvalue weighted by Gasteiger charge is 2.37. The van der Waals surface area contributed by atoms with Crippen LogP contribution in [0.1, 0.15) is 38.3 Å². The maximum atomic E-state index is 5.91. The summed E-state index contributed by atoms with van der Waals surface area (Å²) in [6.07, 6.45) is 4.39. The first-order valence-corrected chi connectivity index (χ1v) is 7.69. The van der Waals surface area contributed by atoms with Crippen molar-refractivity contribution in [2.45, 2.75) is 38.3 Å². The van der Waals surface area contributed by atoms with E-state index in [1.807, 2.05) is 12.3 Å². The summed E-state index contributed by atoms with van der Waals surface area (Å²) in [5, 5.41) is 1.16. The molecule has 3 rings (SSSR count). The third kappa shape index (κ3) is 2.67. The Balaban J connectivity index is 1.96. The Labute approximate surface area is 126 Å². The van der Waals surface area contributed by atoms with Gasteiger partial charge >= 0.3 is 0 Å². The Morgan fingerprint density at radius 1 is 1.24 bits per heavy atom.